The second-order valence-electron chi connectivity index (χ2n) is 4.33. The van der Waals surface area contributed by atoms with Crippen LogP contribution in [0.4, 0.5) is 0 Å². The lowest BCUT2D eigenvalue weighted by atomic mass is 10.0. The smallest absolute Gasteiger partial charge is 0.222 e. The maximum absolute atomic E-state index is 11.7. The highest BCUT2D eigenvalue weighted by atomic mass is 35.5. The van der Waals surface area contributed by atoms with Gasteiger partial charge in [-0.05, 0) is 39.4 Å². The van der Waals surface area contributed by atoms with Crippen LogP contribution >= 0.6 is 11.6 Å². The number of carbonyl (C=O) groups is 1. The van der Waals surface area contributed by atoms with Crippen molar-refractivity contribution < 1.29 is 4.79 Å². The predicted molar refractivity (Wildman–Crippen MR) is 63.2 cm³/mol. The molecule has 1 heterocycles. The number of likely N-dealkylation sites (tertiary alicyclic amines) is 1. The Bertz CT molecular complexity index is 203. The lowest BCUT2D eigenvalue weighted by Crippen LogP contribution is -2.44. The van der Waals surface area contributed by atoms with Crippen molar-refractivity contribution in [3.05, 3.63) is 0 Å². The van der Waals surface area contributed by atoms with Crippen molar-refractivity contribution in [3.63, 3.8) is 0 Å². The number of rotatable bonds is 4. The fraction of sp³-hybridized carbons (Fsp3) is 0.909. The van der Waals surface area contributed by atoms with E-state index in [1.165, 1.54) is 0 Å². The van der Waals surface area contributed by atoms with E-state index >= 15 is 0 Å². The number of nitrogens with zero attached hydrogens (tertiary/aromatic N) is 2. The van der Waals surface area contributed by atoms with Crippen molar-refractivity contribution in [2.45, 2.75) is 31.7 Å². The van der Waals surface area contributed by atoms with Gasteiger partial charge in [-0.15, -0.1) is 11.6 Å². The summed E-state index contributed by atoms with van der Waals surface area (Å²) in [5.41, 5.74) is 0. The first kappa shape index (κ1) is 12.8. The molecule has 0 aliphatic carbocycles. The summed E-state index contributed by atoms with van der Waals surface area (Å²) < 4.78 is 0. The van der Waals surface area contributed by atoms with Crippen LogP contribution in [0, 0.1) is 0 Å². The molecule has 0 N–H and O–H groups in total. The second-order valence-corrected chi connectivity index (χ2v) is 4.71. The first-order valence-corrected chi connectivity index (χ1v) is 6.18. The molecule has 0 aromatic heterocycles. The standard InChI is InChI=1S/C11H21ClN2O/c1-13-8-5-10(6-9-13)14(2)11(15)4-3-7-12/h10H,3-9H2,1-2H3. The SMILES string of the molecule is CN1CCC(N(C)C(=O)CCCCl)CC1. The molecule has 0 spiro atoms. The van der Waals surface area contributed by atoms with E-state index in [9.17, 15) is 4.79 Å². The van der Waals surface area contributed by atoms with Gasteiger partial charge in [0.1, 0.15) is 0 Å². The number of hydrogen-bond acceptors (Lipinski definition) is 2. The van der Waals surface area contributed by atoms with E-state index in [1.807, 2.05) is 11.9 Å². The summed E-state index contributed by atoms with van der Waals surface area (Å²) in [6.07, 6.45) is 3.57. The van der Waals surface area contributed by atoms with Gasteiger partial charge in [0.15, 0.2) is 0 Å². The normalized spacial score (nSPS) is 19.1. The van der Waals surface area contributed by atoms with Crippen LogP contribution in [0.2, 0.25) is 0 Å². The van der Waals surface area contributed by atoms with Crippen LogP contribution in [-0.4, -0.2) is 54.8 Å². The van der Waals surface area contributed by atoms with Gasteiger partial charge in [-0.25, -0.2) is 0 Å². The summed E-state index contributed by atoms with van der Waals surface area (Å²) in [6, 6.07) is 0.434. The minimum atomic E-state index is 0.241. The van der Waals surface area contributed by atoms with Crippen molar-refractivity contribution in [2.75, 3.05) is 33.1 Å². The van der Waals surface area contributed by atoms with E-state index in [0.717, 1.165) is 32.4 Å². The molecule has 1 rings (SSSR count). The van der Waals surface area contributed by atoms with Gasteiger partial charge < -0.3 is 9.80 Å². The molecular formula is C11H21ClN2O. The highest BCUT2D eigenvalue weighted by Gasteiger charge is 2.23. The van der Waals surface area contributed by atoms with E-state index in [0.29, 0.717) is 18.3 Å². The van der Waals surface area contributed by atoms with Crippen molar-refractivity contribution in [3.8, 4) is 0 Å². The van der Waals surface area contributed by atoms with E-state index < -0.39 is 0 Å². The van der Waals surface area contributed by atoms with Crippen molar-refractivity contribution >= 4 is 17.5 Å². The van der Waals surface area contributed by atoms with Crippen LogP contribution in [0.5, 0.6) is 0 Å². The third kappa shape index (κ3) is 3.99. The minimum Gasteiger partial charge on any atom is -0.343 e. The molecule has 0 aromatic carbocycles. The van der Waals surface area contributed by atoms with Gasteiger partial charge in [-0.2, -0.15) is 0 Å². The molecule has 15 heavy (non-hydrogen) atoms. The van der Waals surface area contributed by atoms with Crippen LogP contribution in [0.25, 0.3) is 0 Å². The van der Waals surface area contributed by atoms with E-state index in [1.54, 1.807) is 0 Å². The van der Waals surface area contributed by atoms with Gasteiger partial charge in [-0.1, -0.05) is 0 Å². The molecule has 0 radical (unpaired) electrons. The molecule has 0 atom stereocenters. The average molecular weight is 233 g/mol. The average Bonchev–Trinajstić information content (AvgIpc) is 2.26. The highest BCUT2D eigenvalue weighted by Crippen LogP contribution is 2.15. The van der Waals surface area contributed by atoms with Crippen LogP contribution in [0.15, 0.2) is 0 Å². The Hall–Kier alpha value is -0.280. The Balaban J connectivity index is 2.32. The summed E-state index contributed by atoms with van der Waals surface area (Å²) in [5.74, 6) is 0.817. The monoisotopic (exact) mass is 232 g/mol. The Morgan fingerprint density at radius 3 is 2.60 bits per heavy atom. The molecule has 1 amide bonds. The van der Waals surface area contributed by atoms with Gasteiger partial charge >= 0.3 is 0 Å². The first-order chi connectivity index (χ1) is 7.15. The Kier molecular flexibility index (Phi) is 5.40. The van der Waals surface area contributed by atoms with E-state index in [4.69, 9.17) is 11.6 Å². The fourth-order valence-electron chi connectivity index (χ4n) is 1.98. The molecule has 1 aliphatic rings. The molecule has 0 unspecified atom stereocenters. The Labute approximate surface area is 97.4 Å². The van der Waals surface area contributed by atoms with Gasteiger partial charge in [0.05, 0.1) is 0 Å². The van der Waals surface area contributed by atoms with Crippen LogP contribution in [0.1, 0.15) is 25.7 Å². The quantitative estimate of drug-likeness (QED) is 0.687. The minimum absolute atomic E-state index is 0.241. The molecule has 3 nitrogen and oxygen atoms in total. The topological polar surface area (TPSA) is 23.6 Å². The zero-order valence-corrected chi connectivity index (χ0v) is 10.5. The highest BCUT2D eigenvalue weighted by molar-refractivity contribution is 6.17. The number of hydrogen-bond donors (Lipinski definition) is 0. The summed E-state index contributed by atoms with van der Waals surface area (Å²) >= 11 is 5.58. The van der Waals surface area contributed by atoms with Gasteiger partial charge in [0.25, 0.3) is 0 Å². The van der Waals surface area contributed by atoms with Crippen molar-refractivity contribution in [1.82, 2.24) is 9.80 Å². The number of halogens is 1. The van der Waals surface area contributed by atoms with Crippen molar-refractivity contribution in [1.29, 1.82) is 0 Å². The maximum Gasteiger partial charge on any atom is 0.222 e. The second kappa shape index (κ2) is 6.33. The third-order valence-corrected chi connectivity index (χ3v) is 3.42. The molecule has 1 fully saturated rings. The molecule has 0 aromatic rings. The van der Waals surface area contributed by atoms with Crippen molar-refractivity contribution in [2.24, 2.45) is 0 Å². The summed E-state index contributed by atoms with van der Waals surface area (Å²) in [4.78, 5) is 16.0. The molecule has 88 valence electrons. The number of piperidine rings is 1. The molecule has 4 heteroatoms. The molecule has 1 saturated heterocycles. The molecule has 0 bridgehead atoms. The summed E-state index contributed by atoms with van der Waals surface area (Å²) in [6.45, 7) is 2.19. The number of alkyl halides is 1. The van der Waals surface area contributed by atoms with Crippen LogP contribution in [0.3, 0.4) is 0 Å². The van der Waals surface area contributed by atoms with Crippen LogP contribution < -0.4 is 0 Å². The zero-order chi connectivity index (χ0) is 11.3. The van der Waals surface area contributed by atoms with Gasteiger partial charge in [0, 0.05) is 25.4 Å². The van der Waals surface area contributed by atoms with E-state index in [2.05, 4.69) is 11.9 Å². The fourth-order valence-corrected chi connectivity index (χ4v) is 2.11. The lowest BCUT2D eigenvalue weighted by Gasteiger charge is -2.35. The van der Waals surface area contributed by atoms with Gasteiger partial charge in [-0.3, -0.25) is 4.79 Å². The lowest BCUT2D eigenvalue weighted by molar-refractivity contribution is -0.132. The zero-order valence-electron chi connectivity index (χ0n) is 9.71. The number of amides is 1. The largest absolute Gasteiger partial charge is 0.343 e. The summed E-state index contributed by atoms with van der Waals surface area (Å²) in [5, 5.41) is 0. The Morgan fingerprint density at radius 2 is 2.07 bits per heavy atom. The molecular weight excluding hydrogens is 212 g/mol. The summed E-state index contributed by atoms with van der Waals surface area (Å²) in [7, 11) is 4.05. The first-order valence-electron chi connectivity index (χ1n) is 5.65. The van der Waals surface area contributed by atoms with E-state index in [-0.39, 0.29) is 5.91 Å². The predicted octanol–water partition coefficient (Wildman–Crippen LogP) is 1.56. The van der Waals surface area contributed by atoms with Crippen LogP contribution in [-0.2, 0) is 4.79 Å². The number of carbonyl (C=O) groups excluding carboxylic acids is 1. The molecule has 1 aliphatic heterocycles. The van der Waals surface area contributed by atoms with Gasteiger partial charge in [0.2, 0.25) is 5.91 Å². The third-order valence-electron chi connectivity index (χ3n) is 3.15. The molecule has 0 saturated carbocycles. The Morgan fingerprint density at radius 1 is 1.47 bits per heavy atom. The maximum atomic E-state index is 11.7.